The van der Waals surface area contributed by atoms with Gasteiger partial charge in [-0.05, 0) is 24.5 Å². The molecule has 0 aromatic heterocycles. The van der Waals surface area contributed by atoms with E-state index in [0.717, 1.165) is 0 Å². The van der Waals surface area contributed by atoms with Crippen molar-refractivity contribution in [2.75, 3.05) is 6.73 Å². The van der Waals surface area contributed by atoms with Crippen LogP contribution in [-0.2, 0) is 9.53 Å². The molecule has 1 aliphatic rings. The Kier molecular flexibility index (Phi) is 3.65. The topological polar surface area (TPSA) is 46.6 Å². The van der Waals surface area contributed by atoms with Crippen LogP contribution in [0.4, 0.5) is 0 Å². The molecule has 0 aliphatic carbocycles. The molecule has 1 atom stereocenters. The van der Waals surface area contributed by atoms with Crippen molar-refractivity contribution in [3.05, 3.63) is 35.9 Å². The number of carbonyl (C=O) groups excluding carboxylic acids is 2. The largest absolute Gasteiger partial charge is 0.443 e. The molecular weight excluding hydrogens is 230 g/mol. The van der Waals surface area contributed by atoms with Crippen LogP contribution in [-0.4, -0.2) is 29.5 Å². The Hall–Kier alpha value is -1.84. The molecule has 1 aromatic carbocycles. The minimum absolute atomic E-state index is 0.0595. The third kappa shape index (κ3) is 2.53. The van der Waals surface area contributed by atoms with Crippen molar-refractivity contribution in [2.24, 2.45) is 5.92 Å². The van der Waals surface area contributed by atoms with E-state index >= 15 is 0 Å². The summed E-state index contributed by atoms with van der Waals surface area (Å²) in [6, 6.07) is 8.52. The third-order valence-corrected chi connectivity index (χ3v) is 2.97. The fourth-order valence-electron chi connectivity index (χ4n) is 2.06. The molecule has 0 spiro atoms. The fourth-order valence-corrected chi connectivity index (χ4v) is 2.06. The highest BCUT2D eigenvalue weighted by molar-refractivity contribution is 5.97. The maximum absolute atomic E-state index is 12.3. The Morgan fingerprint density at radius 3 is 2.67 bits per heavy atom. The van der Waals surface area contributed by atoms with Crippen LogP contribution in [0, 0.1) is 5.92 Å². The molecule has 0 radical (unpaired) electrons. The van der Waals surface area contributed by atoms with Crippen LogP contribution in [0.1, 0.15) is 30.6 Å². The Labute approximate surface area is 107 Å². The van der Waals surface area contributed by atoms with E-state index in [1.54, 1.807) is 12.1 Å². The average Bonchev–Trinajstić information content (AvgIpc) is 2.71. The third-order valence-electron chi connectivity index (χ3n) is 2.97. The van der Waals surface area contributed by atoms with Crippen LogP contribution in [0.2, 0.25) is 0 Å². The molecular formula is C14H17NO3. The number of cyclic esters (lactones) is 1. The van der Waals surface area contributed by atoms with Crippen molar-refractivity contribution in [1.29, 1.82) is 0 Å². The van der Waals surface area contributed by atoms with E-state index in [0.29, 0.717) is 17.9 Å². The van der Waals surface area contributed by atoms with Gasteiger partial charge in [-0.25, -0.2) is 4.79 Å². The average molecular weight is 247 g/mol. The highest BCUT2D eigenvalue weighted by atomic mass is 16.6. The van der Waals surface area contributed by atoms with Gasteiger partial charge in [-0.1, -0.05) is 32.0 Å². The number of hydrogen-bond donors (Lipinski definition) is 0. The van der Waals surface area contributed by atoms with Gasteiger partial charge in [0.25, 0.3) is 5.91 Å². The molecule has 2 rings (SSSR count). The number of rotatable bonds is 3. The molecule has 1 aliphatic heterocycles. The monoisotopic (exact) mass is 247 g/mol. The van der Waals surface area contributed by atoms with Gasteiger partial charge in [-0.15, -0.1) is 0 Å². The van der Waals surface area contributed by atoms with E-state index in [9.17, 15) is 9.59 Å². The quantitative estimate of drug-likeness (QED) is 0.768. The Bertz CT molecular complexity index is 442. The summed E-state index contributed by atoms with van der Waals surface area (Å²) >= 11 is 0. The van der Waals surface area contributed by atoms with E-state index in [-0.39, 0.29) is 18.6 Å². The lowest BCUT2D eigenvalue weighted by atomic mass is 10.0. The lowest BCUT2D eigenvalue weighted by Gasteiger charge is -2.21. The van der Waals surface area contributed by atoms with Crippen molar-refractivity contribution in [1.82, 2.24) is 4.90 Å². The second-order valence-electron chi connectivity index (χ2n) is 4.88. The zero-order valence-corrected chi connectivity index (χ0v) is 10.6. The number of carbonyl (C=O) groups is 2. The molecule has 1 fully saturated rings. The predicted octanol–water partition coefficient (Wildman–Crippen LogP) is 2.06. The number of hydrogen-bond acceptors (Lipinski definition) is 3. The molecule has 1 aromatic rings. The number of nitrogens with zero attached hydrogens (tertiary/aromatic N) is 1. The van der Waals surface area contributed by atoms with Gasteiger partial charge in [0.15, 0.2) is 6.73 Å². The van der Waals surface area contributed by atoms with Crippen molar-refractivity contribution in [2.45, 2.75) is 26.3 Å². The number of ether oxygens (including phenoxy) is 1. The first-order valence-corrected chi connectivity index (χ1v) is 6.12. The molecule has 0 bridgehead atoms. The molecule has 0 unspecified atom stereocenters. The maximum atomic E-state index is 12.3. The number of esters is 1. The lowest BCUT2D eigenvalue weighted by molar-refractivity contribution is -0.139. The molecule has 1 amide bonds. The van der Waals surface area contributed by atoms with Crippen molar-refractivity contribution in [3.8, 4) is 0 Å². The first-order chi connectivity index (χ1) is 8.59. The molecule has 96 valence electrons. The van der Waals surface area contributed by atoms with Gasteiger partial charge in [0.2, 0.25) is 0 Å². The first kappa shape index (κ1) is 12.6. The van der Waals surface area contributed by atoms with Gasteiger partial charge < -0.3 is 4.74 Å². The van der Waals surface area contributed by atoms with E-state index in [1.807, 2.05) is 32.0 Å². The first-order valence-electron chi connectivity index (χ1n) is 6.12. The van der Waals surface area contributed by atoms with Crippen LogP contribution < -0.4 is 0 Å². The van der Waals surface area contributed by atoms with Crippen LogP contribution in [0.3, 0.4) is 0 Å². The maximum Gasteiger partial charge on any atom is 0.330 e. The Morgan fingerprint density at radius 1 is 1.39 bits per heavy atom. The van der Waals surface area contributed by atoms with E-state index in [2.05, 4.69) is 0 Å². The Morgan fingerprint density at radius 2 is 2.06 bits per heavy atom. The summed E-state index contributed by atoms with van der Waals surface area (Å²) in [6.07, 6.45) is 0.636. The summed E-state index contributed by atoms with van der Waals surface area (Å²) in [5, 5.41) is 0. The lowest BCUT2D eigenvalue weighted by Crippen LogP contribution is -2.39. The van der Waals surface area contributed by atoms with Crippen molar-refractivity contribution >= 4 is 11.9 Å². The number of benzene rings is 1. The van der Waals surface area contributed by atoms with Gasteiger partial charge in [0.1, 0.15) is 6.04 Å². The molecule has 18 heavy (non-hydrogen) atoms. The molecule has 4 heteroatoms. The highest BCUT2D eigenvalue weighted by Crippen LogP contribution is 2.21. The van der Waals surface area contributed by atoms with Crippen LogP contribution in [0.5, 0.6) is 0 Å². The van der Waals surface area contributed by atoms with Crippen molar-refractivity contribution in [3.63, 3.8) is 0 Å². The molecule has 1 heterocycles. The summed E-state index contributed by atoms with van der Waals surface area (Å²) < 4.78 is 4.99. The van der Waals surface area contributed by atoms with Gasteiger partial charge in [0, 0.05) is 5.56 Å². The molecule has 1 saturated heterocycles. The van der Waals surface area contributed by atoms with Gasteiger partial charge >= 0.3 is 5.97 Å². The van der Waals surface area contributed by atoms with Gasteiger partial charge in [-0.3, -0.25) is 9.69 Å². The minimum atomic E-state index is -0.447. The van der Waals surface area contributed by atoms with Crippen LogP contribution in [0.15, 0.2) is 30.3 Å². The minimum Gasteiger partial charge on any atom is -0.443 e. The van der Waals surface area contributed by atoms with E-state index in [1.165, 1.54) is 4.90 Å². The normalized spacial score (nSPS) is 19.2. The fraction of sp³-hybridized carbons (Fsp3) is 0.429. The van der Waals surface area contributed by atoms with E-state index in [4.69, 9.17) is 4.74 Å². The second-order valence-corrected chi connectivity index (χ2v) is 4.88. The summed E-state index contributed by atoms with van der Waals surface area (Å²) in [7, 11) is 0. The zero-order chi connectivity index (χ0) is 13.1. The smallest absolute Gasteiger partial charge is 0.330 e. The summed E-state index contributed by atoms with van der Waals surface area (Å²) in [5.74, 6) is -0.105. The Balaban J connectivity index is 2.17. The second kappa shape index (κ2) is 5.21. The van der Waals surface area contributed by atoms with Crippen LogP contribution >= 0.6 is 0 Å². The predicted molar refractivity (Wildman–Crippen MR) is 66.8 cm³/mol. The molecule has 4 nitrogen and oxygen atoms in total. The summed E-state index contributed by atoms with van der Waals surface area (Å²) in [4.78, 5) is 25.4. The highest BCUT2D eigenvalue weighted by Gasteiger charge is 2.38. The SMILES string of the molecule is CC(C)C[C@H]1C(=O)OCN1C(=O)c1ccccc1. The standard InChI is InChI=1S/C14H17NO3/c1-10(2)8-12-14(17)18-9-15(12)13(16)11-6-4-3-5-7-11/h3-7,10,12H,8-9H2,1-2H3/t12-/m0/s1. The van der Waals surface area contributed by atoms with Gasteiger partial charge in [-0.2, -0.15) is 0 Å². The van der Waals surface area contributed by atoms with Crippen molar-refractivity contribution < 1.29 is 14.3 Å². The van der Waals surface area contributed by atoms with Crippen LogP contribution in [0.25, 0.3) is 0 Å². The zero-order valence-electron chi connectivity index (χ0n) is 10.6. The summed E-state index contributed by atoms with van der Waals surface area (Å²) in [6.45, 7) is 4.11. The summed E-state index contributed by atoms with van der Waals surface area (Å²) in [5.41, 5.74) is 0.588. The van der Waals surface area contributed by atoms with Gasteiger partial charge in [0.05, 0.1) is 0 Å². The van der Waals surface area contributed by atoms with E-state index < -0.39 is 6.04 Å². The number of amides is 1. The molecule has 0 saturated carbocycles. The molecule has 0 N–H and O–H groups in total.